The van der Waals surface area contributed by atoms with Crippen molar-refractivity contribution >= 4 is 33.9 Å². The van der Waals surface area contributed by atoms with Crippen molar-refractivity contribution in [3.63, 3.8) is 0 Å². The van der Waals surface area contributed by atoms with Crippen LogP contribution in [0.5, 0.6) is 0 Å². The number of hydrogen-bond donors (Lipinski definition) is 1. The Morgan fingerprint density at radius 1 is 0.917 bits per heavy atom. The zero-order valence-electron chi connectivity index (χ0n) is 13.7. The predicted molar refractivity (Wildman–Crippen MR) is 101 cm³/mol. The summed E-state index contributed by atoms with van der Waals surface area (Å²) in [6, 6.07) is 15.1. The molecule has 0 aliphatic carbocycles. The average Bonchev–Trinajstić information content (AvgIpc) is 2.63. The standard InChI is InChI=1S/C18H22N2O2S2/c1-23(21)17-9-6-10-18(14-17)24(22)19-15-7-5-8-16(13-15)20-11-3-2-4-12-20/h5-10,13-14,19H,2-4,11-12H2,1H3. The molecule has 1 saturated heterocycles. The topological polar surface area (TPSA) is 61.4 Å². The third-order valence-electron chi connectivity index (χ3n) is 4.13. The normalized spacial score (nSPS) is 17.4. The summed E-state index contributed by atoms with van der Waals surface area (Å²) in [5.41, 5.74) is 2.00. The van der Waals surface area contributed by atoms with Crippen molar-refractivity contribution in [3.8, 4) is 0 Å². The van der Waals surface area contributed by atoms with Crippen molar-refractivity contribution in [2.75, 3.05) is 29.0 Å². The summed E-state index contributed by atoms with van der Waals surface area (Å²) >= 11 is -2.46. The van der Waals surface area contributed by atoms with Gasteiger partial charge in [0.05, 0.1) is 11.8 Å². The molecule has 1 N–H and O–H groups in total. The first-order valence-electron chi connectivity index (χ1n) is 8.10. The maximum atomic E-state index is 12.6. The minimum absolute atomic E-state index is 0.631. The van der Waals surface area contributed by atoms with Crippen LogP contribution in [0.1, 0.15) is 19.3 Å². The fourth-order valence-electron chi connectivity index (χ4n) is 2.85. The molecular weight excluding hydrogens is 340 g/mol. The van der Waals surface area contributed by atoms with E-state index in [1.165, 1.54) is 24.9 Å². The summed E-state index contributed by atoms with van der Waals surface area (Å²) in [5.74, 6) is 0. The predicted octanol–water partition coefficient (Wildman–Crippen LogP) is 3.55. The van der Waals surface area contributed by atoms with Crippen LogP contribution in [0.3, 0.4) is 0 Å². The van der Waals surface area contributed by atoms with Gasteiger partial charge >= 0.3 is 0 Å². The number of benzene rings is 2. The fraction of sp³-hybridized carbons (Fsp3) is 0.333. The molecule has 2 aromatic carbocycles. The summed E-state index contributed by atoms with van der Waals surface area (Å²) in [6.07, 6.45) is 5.38. The number of rotatable bonds is 5. The van der Waals surface area contributed by atoms with Crippen LogP contribution < -0.4 is 9.62 Å². The third-order valence-corrected chi connectivity index (χ3v) is 6.15. The van der Waals surface area contributed by atoms with E-state index in [0.717, 1.165) is 18.8 Å². The van der Waals surface area contributed by atoms with Crippen LogP contribution in [-0.4, -0.2) is 28.5 Å². The van der Waals surface area contributed by atoms with Gasteiger partial charge in [-0.2, -0.15) is 0 Å². The smallest absolute Gasteiger partial charge is 0.184 e. The Labute approximate surface area is 149 Å². The van der Waals surface area contributed by atoms with E-state index < -0.39 is 22.5 Å². The van der Waals surface area contributed by atoms with Gasteiger partial charge in [0.15, 0.2) is 9.79 Å². The first-order valence-corrected chi connectivity index (χ1v) is 10.8. The second-order valence-electron chi connectivity index (χ2n) is 5.90. The maximum Gasteiger partial charge on any atom is 0.184 e. The van der Waals surface area contributed by atoms with Gasteiger partial charge in [0.2, 0.25) is 0 Å². The largest absolute Gasteiger partial charge is 0.612 e. The van der Waals surface area contributed by atoms with Crippen LogP contribution in [0, 0.1) is 0 Å². The Morgan fingerprint density at radius 3 is 2.38 bits per heavy atom. The molecule has 0 radical (unpaired) electrons. The Morgan fingerprint density at radius 2 is 1.62 bits per heavy atom. The van der Waals surface area contributed by atoms with Crippen LogP contribution >= 0.6 is 0 Å². The van der Waals surface area contributed by atoms with Gasteiger partial charge < -0.3 is 14.0 Å². The molecule has 0 amide bonds. The van der Waals surface area contributed by atoms with Gasteiger partial charge in [0.25, 0.3) is 0 Å². The summed E-state index contributed by atoms with van der Waals surface area (Å²) in [4.78, 5) is 3.69. The molecule has 128 valence electrons. The van der Waals surface area contributed by atoms with Gasteiger partial charge in [-0.3, -0.25) is 0 Å². The van der Waals surface area contributed by atoms with Gasteiger partial charge in [-0.15, -0.1) is 0 Å². The summed E-state index contributed by atoms with van der Waals surface area (Å²) in [5, 5.41) is 0. The number of piperidine rings is 1. The molecule has 24 heavy (non-hydrogen) atoms. The highest BCUT2D eigenvalue weighted by Gasteiger charge is 2.17. The van der Waals surface area contributed by atoms with E-state index in [9.17, 15) is 9.11 Å². The van der Waals surface area contributed by atoms with E-state index in [-0.39, 0.29) is 0 Å². The van der Waals surface area contributed by atoms with E-state index in [1.54, 1.807) is 30.5 Å². The van der Waals surface area contributed by atoms with E-state index in [4.69, 9.17) is 0 Å². The van der Waals surface area contributed by atoms with Gasteiger partial charge in [-0.05, 0) is 60.8 Å². The van der Waals surface area contributed by atoms with Gasteiger partial charge in [0.1, 0.15) is 17.6 Å². The molecule has 6 heteroatoms. The quantitative estimate of drug-likeness (QED) is 0.826. The maximum absolute atomic E-state index is 12.6. The molecule has 4 nitrogen and oxygen atoms in total. The SMILES string of the molecule is C[S+]([O-])c1cccc([S+]([O-])Nc2cccc(N3CCCCC3)c2)c1. The monoisotopic (exact) mass is 362 g/mol. The molecule has 0 aromatic heterocycles. The number of hydrogen-bond acceptors (Lipinski definition) is 4. The van der Waals surface area contributed by atoms with Crippen molar-refractivity contribution in [1.82, 2.24) is 0 Å². The van der Waals surface area contributed by atoms with Crippen molar-refractivity contribution in [2.24, 2.45) is 0 Å². The molecule has 1 fully saturated rings. The second-order valence-corrected chi connectivity index (χ2v) is 8.49. The van der Waals surface area contributed by atoms with Crippen LogP contribution in [0.4, 0.5) is 11.4 Å². The summed E-state index contributed by atoms with van der Waals surface area (Å²) < 4.78 is 27.2. The zero-order chi connectivity index (χ0) is 16.9. The summed E-state index contributed by atoms with van der Waals surface area (Å²) in [6.45, 7) is 2.16. The molecule has 1 aliphatic heterocycles. The van der Waals surface area contributed by atoms with Crippen LogP contribution in [-0.2, 0) is 22.5 Å². The van der Waals surface area contributed by atoms with Crippen molar-refractivity contribution in [3.05, 3.63) is 48.5 Å². The van der Waals surface area contributed by atoms with Crippen LogP contribution in [0.25, 0.3) is 0 Å². The van der Waals surface area contributed by atoms with Gasteiger partial charge in [-0.25, -0.2) is 4.72 Å². The molecule has 2 unspecified atom stereocenters. The van der Waals surface area contributed by atoms with Gasteiger partial charge in [0, 0.05) is 18.8 Å². The van der Waals surface area contributed by atoms with E-state index >= 15 is 0 Å². The molecule has 2 aromatic rings. The highest BCUT2D eigenvalue weighted by atomic mass is 32.2. The number of nitrogens with one attached hydrogen (secondary N) is 1. The minimum Gasteiger partial charge on any atom is -0.612 e. The minimum atomic E-state index is -1.38. The first kappa shape index (κ1) is 17.5. The van der Waals surface area contributed by atoms with Crippen LogP contribution in [0.2, 0.25) is 0 Å². The Hall–Kier alpha value is -1.34. The number of anilines is 2. The Bertz CT molecular complexity index is 676. The molecule has 1 heterocycles. The lowest BCUT2D eigenvalue weighted by Crippen LogP contribution is -2.29. The van der Waals surface area contributed by atoms with Crippen LogP contribution in [0.15, 0.2) is 58.3 Å². The molecule has 1 aliphatic rings. The van der Waals surface area contributed by atoms with Crippen molar-refractivity contribution < 1.29 is 9.11 Å². The molecule has 3 rings (SSSR count). The Kier molecular flexibility index (Phi) is 5.94. The summed E-state index contributed by atoms with van der Waals surface area (Å²) in [7, 11) is 0. The molecule has 2 atom stereocenters. The lowest BCUT2D eigenvalue weighted by molar-refractivity contribution is 0.578. The third kappa shape index (κ3) is 4.39. The van der Waals surface area contributed by atoms with E-state index in [1.807, 2.05) is 18.2 Å². The second kappa shape index (κ2) is 8.16. The van der Waals surface area contributed by atoms with Crippen molar-refractivity contribution in [1.29, 1.82) is 0 Å². The van der Waals surface area contributed by atoms with Crippen molar-refractivity contribution in [2.45, 2.75) is 29.1 Å². The highest BCUT2D eigenvalue weighted by Crippen LogP contribution is 2.25. The lowest BCUT2D eigenvalue weighted by atomic mass is 10.1. The molecule has 0 bridgehead atoms. The zero-order valence-corrected chi connectivity index (χ0v) is 15.4. The lowest BCUT2D eigenvalue weighted by Gasteiger charge is -2.29. The highest BCUT2D eigenvalue weighted by molar-refractivity contribution is 7.93. The Balaban J connectivity index is 1.72. The molecule has 0 saturated carbocycles. The first-order chi connectivity index (χ1) is 11.6. The van der Waals surface area contributed by atoms with E-state index in [0.29, 0.717) is 9.79 Å². The molecule has 0 spiro atoms. The fourth-order valence-corrected chi connectivity index (χ4v) is 4.39. The average molecular weight is 363 g/mol. The molecular formula is C18H22N2O2S2. The number of nitrogens with zero attached hydrogens (tertiary/aromatic N) is 1. The van der Waals surface area contributed by atoms with E-state index in [2.05, 4.69) is 15.7 Å². The van der Waals surface area contributed by atoms with Gasteiger partial charge in [-0.1, -0.05) is 12.1 Å².